The first-order chi connectivity index (χ1) is 28.8. The maximum Gasteiger partial charge on any atom is 0.0562 e. The van der Waals surface area contributed by atoms with E-state index < -0.39 is 0 Å². The van der Waals surface area contributed by atoms with Crippen molar-refractivity contribution in [2.24, 2.45) is 0 Å². The quantitative estimate of drug-likeness (QED) is 0.139. The molecule has 0 saturated carbocycles. The number of nitrogens with zero attached hydrogens (tertiary/aromatic N) is 4. The fourth-order valence-corrected chi connectivity index (χ4v) is 8.21. The third kappa shape index (κ3) is 6.43. The van der Waals surface area contributed by atoms with Gasteiger partial charge in [0.25, 0.3) is 0 Å². The van der Waals surface area contributed by atoms with E-state index in [1.807, 2.05) is 0 Å². The second kappa shape index (κ2) is 15.4. The number of anilines is 9. The number of hydrogen-bond donors (Lipinski definition) is 0. The predicted molar refractivity (Wildman–Crippen MR) is 245 cm³/mol. The van der Waals surface area contributed by atoms with Crippen LogP contribution in [0.5, 0.6) is 0 Å². The van der Waals surface area contributed by atoms with Crippen LogP contribution in [0, 0.1) is 0 Å². The van der Waals surface area contributed by atoms with Crippen molar-refractivity contribution < 1.29 is 0 Å². The number of rotatable bonds is 10. The molecule has 0 N–H and O–H groups in total. The van der Waals surface area contributed by atoms with Crippen LogP contribution in [0.15, 0.2) is 243 Å². The molecule has 0 bridgehead atoms. The van der Waals surface area contributed by atoms with E-state index in [0.717, 1.165) is 62.4 Å². The summed E-state index contributed by atoms with van der Waals surface area (Å²) in [6, 6.07) is 86.3. The molecule has 0 radical (unpaired) electrons. The first-order valence-electron chi connectivity index (χ1n) is 19.7. The molecule has 0 aliphatic carbocycles. The SMILES string of the molecule is c1ccc(N(c2ccccc2)c2cccc(N(c3ccccc3)c3cccc(N(c4ccccc4)c4cccc5c4c4ccccc4n5-c4ccccc4)c3)c2)cc1. The van der Waals surface area contributed by atoms with E-state index in [0.29, 0.717) is 0 Å². The third-order valence-electron chi connectivity index (χ3n) is 10.7. The number of benzene rings is 9. The molecule has 9 aromatic carbocycles. The summed E-state index contributed by atoms with van der Waals surface area (Å²) in [6.07, 6.45) is 0. The van der Waals surface area contributed by atoms with Crippen LogP contribution >= 0.6 is 0 Å². The van der Waals surface area contributed by atoms with E-state index in [9.17, 15) is 0 Å². The maximum atomic E-state index is 2.40. The molecule has 4 heteroatoms. The van der Waals surface area contributed by atoms with Crippen molar-refractivity contribution in [3.05, 3.63) is 243 Å². The zero-order chi connectivity index (χ0) is 38.7. The van der Waals surface area contributed by atoms with Crippen molar-refractivity contribution in [2.45, 2.75) is 0 Å². The van der Waals surface area contributed by atoms with Crippen LogP contribution in [0.2, 0.25) is 0 Å². The predicted octanol–water partition coefficient (Wildman–Crippen LogP) is 15.2. The summed E-state index contributed by atoms with van der Waals surface area (Å²) in [5.74, 6) is 0. The Morgan fingerprint density at radius 3 is 1.10 bits per heavy atom. The minimum absolute atomic E-state index is 1.05. The summed E-state index contributed by atoms with van der Waals surface area (Å²) in [5, 5.41) is 2.41. The van der Waals surface area contributed by atoms with Crippen molar-refractivity contribution >= 4 is 73.0 Å². The standard InChI is InChI=1S/C54H40N4/c1-6-21-41(22-7-1)55(42-23-8-2-9-24-42)46-31-18-32-47(39-46)56(43-25-10-3-11-26-43)48-33-19-34-49(40-48)57(44-27-12-4-13-28-44)52-37-20-38-53-54(52)50-35-16-17-36-51(50)58(53)45-29-14-5-15-30-45/h1-40H. The minimum atomic E-state index is 1.05. The molecule has 1 aromatic heterocycles. The van der Waals surface area contributed by atoms with Crippen molar-refractivity contribution in [3.8, 4) is 5.69 Å². The zero-order valence-electron chi connectivity index (χ0n) is 31.9. The second-order valence-electron chi connectivity index (χ2n) is 14.2. The van der Waals surface area contributed by atoms with Gasteiger partial charge in [-0.2, -0.15) is 0 Å². The Morgan fingerprint density at radius 1 is 0.259 bits per heavy atom. The molecule has 10 rings (SSSR count). The number of aromatic nitrogens is 1. The van der Waals surface area contributed by atoms with Gasteiger partial charge in [-0.15, -0.1) is 0 Å². The monoisotopic (exact) mass is 744 g/mol. The minimum Gasteiger partial charge on any atom is -0.310 e. The fraction of sp³-hybridized carbons (Fsp3) is 0. The van der Waals surface area contributed by atoms with Gasteiger partial charge in [0.2, 0.25) is 0 Å². The average Bonchev–Trinajstić information content (AvgIpc) is 3.64. The highest BCUT2D eigenvalue weighted by atomic mass is 15.2. The summed E-state index contributed by atoms with van der Waals surface area (Å²) < 4.78 is 2.38. The summed E-state index contributed by atoms with van der Waals surface area (Å²) in [7, 11) is 0. The van der Waals surface area contributed by atoms with Gasteiger partial charge in [0.15, 0.2) is 0 Å². The van der Waals surface area contributed by atoms with Gasteiger partial charge >= 0.3 is 0 Å². The Kier molecular flexibility index (Phi) is 9.18. The number of para-hydroxylation sites is 6. The molecule has 276 valence electrons. The highest BCUT2D eigenvalue weighted by Crippen LogP contribution is 2.46. The fourth-order valence-electron chi connectivity index (χ4n) is 8.21. The van der Waals surface area contributed by atoms with Gasteiger partial charge in [0.05, 0.1) is 16.7 Å². The van der Waals surface area contributed by atoms with Crippen LogP contribution in [-0.2, 0) is 0 Å². The van der Waals surface area contributed by atoms with Crippen LogP contribution in [0.25, 0.3) is 27.5 Å². The summed E-state index contributed by atoms with van der Waals surface area (Å²) >= 11 is 0. The van der Waals surface area contributed by atoms with Crippen molar-refractivity contribution in [2.75, 3.05) is 14.7 Å². The van der Waals surface area contributed by atoms with Gasteiger partial charge in [-0.3, -0.25) is 0 Å². The zero-order valence-corrected chi connectivity index (χ0v) is 31.9. The highest BCUT2D eigenvalue weighted by Gasteiger charge is 2.23. The molecule has 0 atom stereocenters. The number of fused-ring (bicyclic) bond motifs is 3. The lowest BCUT2D eigenvalue weighted by molar-refractivity contribution is 1.18. The van der Waals surface area contributed by atoms with Gasteiger partial charge in [-0.05, 0) is 115 Å². The van der Waals surface area contributed by atoms with Gasteiger partial charge < -0.3 is 19.3 Å². The topological polar surface area (TPSA) is 14.7 Å². The molecule has 0 unspecified atom stereocenters. The summed E-state index contributed by atoms with van der Waals surface area (Å²) in [5.41, 5.74) is 13.2. The smallest absolute Gasteiger partial charge is 0.0562 e. The lowest BCUT2D eigenvalue weighted by Crippen LogP contribution is -2.14. The second-order valence-corrected chi connectivity index (χ2v) is 14.2. The van der Waals surface area contributed by atoms with E-state index in [4.69, 9.17) is 0 Å². The highest BCUT2D eigenvalue weighted by molar-refractivity contribution is 6.16. The Hall–Kier alpha value is -7.82. The first-order valence-corrected chi connectivity index (χ1v) is 19.7. The van der Waals surface area contributed by atoms with Gasteiger partial charge in [-0.25, -0.2) is 0 Å². The molecule has 0 fully saturated rings. The molecule has 0 aliphatic heterocycles. The van der Waals surface area contributed by atoms with Crippen LogP contribution in [0.1, 0.15) is 0 Å². The molecule has 0 aliphatic rings. The average molecular weight is 745 g/mol. The van der Waals surface area contributed by atoms with E-state index in [1.54, 1.807) is 0 Å². The Bertz CT molecular complexity index is 2910. The summed E-state index contributed by atoms with van der Waals surface area (Å²) in [4.78, 5) is 7.07. The van der Waals surface area contributed by atoms with E-state index >= 15 is 0 Å². The molecular formula is C54H40N4. The van der Waals surface area contributed by atoms with Crippen LogP contribution in [0.3, 0.4) is 0 Å². The Morgan fingerprint density at radius 2 is 0.603 bits per heavy atom. The van der Waals surface area contributed by atoms with Crippen LogP contribution in [0.4, 0.5) is 51.2 Å². The lowest BCUT2D eigenvalue weighted by atomic mass is 10.1. The number of hydrogen-bond acceptors (Lipinski definition) is 3. The van der Waals surface area contributed by atoms with Gasteiger partial charge in [0.1, 0.15) is 0 Å². The molecule has 1 heterocycles. The van der Waals surface area contributed by atoms with Crippen LogP contribution in [-0.4, -0.2) is 4.57 Å². The van der Waals surface area contributed by atoms with Crippen LogP contribution < -0.4 is 14.7 Å². The largest absolute Gasteiger partial charge is 0.310 e. The normalized spacial score (nSPS) is 11.1. The van der Waals surface area contributed by atoms with Gasteiger partial charge in [0, 0.05) is 62.0 Å². The molecule has 58 heavy (non-hydrogen) atoms. The van der Waals surface area contributed by atoms with Crippen molar-refractivity contribution in [3.63, 3.8) is 0 Å². The van der Waals surface area contributed by atoms with Crippen molar-refractivity contribution in [1.82, 2.24) is 4.57 Å². The molecule has 0 amide bonds. The Balaban J connectivity index is 1.16. The molecule has 0 saturated heterocycles. The van der Waals surface area contributed by atoms with E-state index in [2.05, 4.69) is 262 Å². The molecule has 0 spiro atoms. The van der Waals surface area contributed by atoms with Crippen molar-refractivity contribution in [1.29, 1.82) is 0 Å². The summed E-state index contributed by atoms with van der Waals surface area (Å²) in [6.45, 7) is 0. The third-order valence-corrected chi connectivity index (χ3v) is 10.7. The first kappa shape index (κ1) is 34.7. The Labute approximate surface area is 339 Å². The van der Waals surface area contributed by atoms with Gasteiger partial charge in [-0.1, -0.05) is 127 Å². The molecule has 10 aromatic rings. The van der Waals surface area contributed by atoms with E-state index in [-0.39, 0.29) is 0 Å². The molecule has 4 nitrogen and oxygen atoms in total. The van der Waals surface area contributed by atoms with E-state index in [1.165, 1.54) is 16.3 Å². The molecular weight excluding hydrogens is 705 g/mol. The maximum absolute atomic E-state index is 2.40. The lowest BCUT2D eigenvalue weighted by Gasteiger charge is -2.31.